The molecule has 0 radical (unpaired) electrons. The lowest BCUT2D eigenvalue weighted by Crippen LogP contribution is -2.03. The molecule has 0 fully saturated rings. The molecule has 0 unspecified atom stereocenters. The number of benzene rings is 1. The van der Waals surface area contributed by atoms with Crippen molar-refractivity contribution in [2.75, 3.05) is 14.2 Å². The van der Waals surface area contributed by atoms with Crippen LogP contribution in [-0.4, -0.2) is 35.3 Å². The van der Waals surface area contributed by atoms with Gasteiger partial charge >= 0.3 is 12.0 Å². The molecule has 1 N–H and O–H groups in total. The number of carboxylic acid groups (broad SMARTS) is 1. The van der Waals surface area contributed by atoms with Gasteiger partial charge < -0.3 is 19.3 Å². The van der Waals surface area contributed by atoms with Gasteiger partial charge in [-0.1, -0.05) is 18.2 Å². The monoisotopic (exact) mass is 290 g/mol. The zero-order chi connectivity index (χ0) is 15.2. The maximum atomic E-state index is 10.8. The van der Waals surface area contributed by atoms with E-state index in [1.165, 1.54) is 20.3 Å². The predicted molar refractivity (Wildman–Crippen MR) is 73.0 cm³/mol. The van der Waals surface area contributed by atoms with Crippen LogP contribution in [0.2, 0.25) is 0 Å². The third-order valence-corrected chi connectivity index (χ3v) is 2.59. The van der Waals surface area contributed by atoms with E-state index in [2.05, 4.69) is 9.97 Å². The van der Waals surface area contributed by atoms with Crippen LogP contribution in [-0.2, 0) is 11.2 Å². The second kappa shape index (κ2) is 6.56. The summed E-state index contributed by atoms with van der Waals surface area (Å²) >= 11 is 0. The molecule has 7 heteroatoms. The number of hydrogen-bond acceptors (Lipinski definition) is 6. The van der Waals surface area contributed by atoms with Crippen LogP contribution in [0.4, 0.5) is 0 Å². The second-order valence-electron chi connectivity index (χ2n) is 4.02. The summed E-state index contributed by atoms with van der Waals surface area (Å²) in [5.41, 5.74) is 0.524. The maximum absolute atomic E-state index is 10.8. The summed E-state index contributed by atoms with van der Waals surface area (Å²) in [6.07, 6.45) is -0.155. The molecule has 1 aromatic heterocycles. The highest BCUT2D eigenvalue weighted by Crippen LogP contribution is 2.26. The Hall–Kier alpha value is -2.83. The van der Waals surface area contributed by atoms with E-state index < -0.39 is 5.97 Å². The number of carboxylic acids is 1. The van der Waals surface area contributed by atoms with Crippen LogP contribution in [0.15, 0.2) is 30.3 Å². The van der Waals surface area contributed by atoms with Gasteiger partial charge in [-0.3, -0.25) is 4.79 Å². The van der Waals surface area contributed by atoms with Crippen molar-refractivity contribution in [3.8, 4) is 23.5 Å². The lowest BCUT2D eigenvalue weighted by molar-refractivity contribution is -0.136. The number of aromatic nitrogens is 2. The number of carbonyl (C=O) groups is 1. The lowest BCUT2D eigenvalue weighted by Gasteiger charge is -2.10. The van der Waals surface area contributed by atoms with Crippen LogP contribution in [0.5, 0.6) is 23.5 Å². The zero-order valence-corrected chi connectivity index (χ0v) is 11.6. The van der Waals surface area contributed by atoms with Crippen molar-refractivity contribution in [1.82, 2.24) is 9.97 Å². The third kappa shape index (κ3) is 3.82. The summed E-state index contributed by atoms with van der Waals surface area (Å²) in [6, 6.07) is 8.31. The van der Waals surface area contributed by atoms with Crippen LogP contribution < -0.4 is 14.2 Å². The summed E-state index contributed by atoms with van der Waals surface area (Å²) in [4.78, 5) is 18.9. The van der Waals surface area contributed by atoms with E-state index >= 15 is 0 Å². The standard InChI is InChI=1S/C14H14N2O5/c1-19-11-8-12(20-2)16-14(15-11)21-10-6-4-3-5-9(10)7-13(17)18/h3-6,8H,7H2,1-2H3,(H,17,18). The molecule has 1 heterocycles. The fraction of sp³-hybridized carbons (Fsp3) is 0.214. The van der Waals surface area contributed by atoms with Gasteiger partial charge in [0.05, 0.1) is 26.7 Å². The Morgan fingerprint density at radius 3 is 2.33 bits per heavy atom. The lowest BCUT2D eigenvalue weighted by atomic mass is 10.1. The Morgan fingerprint density at radius 2 is 1.76 bits per heavy atom. The molecule has 0 bridgehead atoms. The number of methoxy groups -OCH3 is 2. The highest BCUT2D eigenvalue weighted by molar-refractivity contribution is 5.71. The molecule has 0 saturated heterocycles. The molecule has 2 aromatic rings. The van der Waals surface area contributed by atoms with Gasteiger partial charge in [0.1, 0.15) is 5.75 Å². The second-order valence-corrected chi connectivity index (χ2v) is 4.02. The molecule has 0 aliphatic heterocycles. The molecule has 2 rings (SSSR count). The van der Waals surface area contributed by atoms with Crippen LogP contribution in [0.25, 0.3) is 0 Å². The molecule has 7 nitrogen and oxygen atoms in total. The van der Waals surface area contributed by atoms with E-state index in [0.717, 1.165) is 0 Å². The van der Waals surface area contributed by atoms with E-state index in [-0.39, 0.29) is 24.2 Å². The topological polar surface area (TPSA) is 90.8 Å². The molecule has 21 heavy (non-hydrogen) atoms. The Kier molecular flexibility index (Phi) is 4.55. The Balaban J connectivity index is 2.31. The molecule has 110 valence electrons. The average Bonchev–Trinajstić information content (AvgIpc) is 2.48. The van der Waals surface area contributed by atoms with Crippen molar-refractivity contribution in [1.29, 1.82) is 0 Å². The number of rotatable bonds is 6. The number of ether oxygens (including phenoxy) is 3. The first-order valence-electron chi connectivity index (χ1n) is 6.07. The van der Waals surface area contributed by atoms with Crippen LogP contribution in [0, 0.1) is 0 Å². The minimum atomic E-state index is -0.949. The van der Waals surface area contributed by atoms with Crippen molar-refractivity contribution in [2.24, 2.45) is 0 Å². The van der Waals surface area contributed by atoms with Gasteiger partial charge in [-0.05, 0) is 6.07 Å². The summed E-state index contributed by atoms with van der Waals surface area (Å²) in [6.45, 7) is 0. The first-order chi connectivity index (χ1) is 10.1. The van der Waals surface area contributed by atoms with E-state index in [4.69, 9.17) is 19.3 Å². The highest BCUT2D eigenvalue weighted by atomic mass is 16.5. The Morgan fingerprint density at radius 1 is 1.14 bits per heavy atom. The van der Waals surface area contributed by atoms with Crippen molar-refractivity contribution < 1.29 is 24.1 Å². The van der Waals surface area contributed by atoms with E-state index in [0.29, 0.717) is 11.3 Å². The zero-order valence-electron chi connectivity index (χ0n) is 11.6. The molecule has 0 saturated carbocycles. The highest BCUT2D eigenvalue weighted by Gasteiger charge is 2.12. The summed E-state index contributed by atoms with van der Waals surface area (Å²) in [7, 11) is 2.92. The summed E-state index contributed by atoms with van der Waals surface area (Å²) in [5.74, 6) is -0.00877. The van der Waals surface area contributed by atoms with Gasteiger partial charge in [-0.25, -0.2) is 0 Å². The van der Waals surface area contributed by atoms with Crippen molar-refractivity contribution >= 4 is 5.97 Å². The van der Waals surface area contributed by atoms with Crippen LogP contribution >= 0.6 is 0 Å². The van der Waals surface area contributed by atoms with Crippen molar-refractivity contribution in [3.63, 3.8) is 0 Å². The van der Waals surface area contributed by atoms with E-state index in [1.807, 2.05) is 0 Å². The fourth-order valence-corrected chi connectivity index (χ4v) is 1.65. The Labute approximate surface area is 121 Å². The van der Waals surface area contributed by atoms with Gasteiger partial charge in [-0.2, -0.15) is 9.97 Å². The van der Waals surface area contributed by atoms with Crippen molar-refractivity contribution in [3.05, 3.63) is 35.9 Å². The predicted octanol–water partition coefficient (Wildman–Crippen LogP) is 1.91. The molecule has 0 spiro atoms. The SMILES string of the molecule is COc1cc(OC)nc(Oc2ccccc2CC(=O)O)n1. The van der Waals surface area contributed by atoms with Crippen molar-refractivity contribution in [2.45, 2.75) is 6.42 Å². The minimum absolute atomic E-state index is 0.0176. The molecule has 0 aliphatic rings. The molecular weight excluding hydrogens is 276 g/mol. The fourth-order valence-electron chi connectivity index (χ4n) is 1.65. The molecule has 0 amide bonds. The largest absolute Gasteiger partial charge is 0.481 e. The molecular formula is C14H14N2O5. The summed E-state index contributed by atoms with van der Waals surface area (Å²) in [5, 5.41) is 8.89. The third-order valence-electron chi connectivity index (χ3n) is 2.59. The summed E-state index contributed by atoms with van der Waals surface area (Å²) < 4.78 is 15.6. The molecule has 1 aromatic carbocycles. The maximum Gasteiger partial charge on any atom is 0.328 e. The number of para-hydroxylation sites is 1. The number of nitrogens with zero attached hydrogens (tertiary/aromatic N) is 2. The minimum Gasteiger partial charge on any atom is -0.481 e. The smallest absolute Gasteiger partial charge is 0.328 e. The molecule has 0 aliphatic carbocycles. The van der Waals surface area contributed by atoms with Gasteiger partial charge in [-0.15, -0.1) is 0 Å². The van der Waals surface area contributed by atoms with E-state index in [1.54, 1.807) is 24.3 Å². The first kappa shape index (κ1) is 14.6. The van der Waals surface area contributed by atoms with Crippen LogP contribution in [0.3, 0.4) is 0 Å². The Bertz CT molecular complexity index is 623. The quantitative estimate of drug-likeness (QED) is 0.868. The number of hydrogen-bond donors (Lipinski definition) is 1. The normalized spacial score (nSPS) is 10.0. The van der Waals surface area contributed by atoms with Gasteiger partial charge in [0.15, 0.2) is 0 Å². The number of aliphatic carboxylic acids is 1. The van der Waals surface area contributed by atoms with Gasteiger partial charge in [0.2, 0.25) is 11.8 Å². The average molecular weight is 290 g/mol. The van der Waals surface area contributed by atoms with Gasteiger partial charge in [0, 0.05) is 5.56 Å². The van der Waals surface area contributed by atoms with E-state index in [9.17, 15) is 4.79 Å². The van der Waals surface area contributed by atoms with Crippen LogP contribution in [0.1, 0.15) is 5.56 Å². The van der Waals surface area contributed by atoms with Gasteiger partial charge in [0.25, 0.3) is 0 Å². The molecule has 0 atom stereocenters. The first-order valence-corrected chi connectivity index (χ1v) is 6.07.